The number of pyridine rings is 2. The Morgan fingerprint density at radius 1 is 1.05 bits per heavy atom. The summed E-state index contributed by atoms with van der Waals surface area (Å²) in [6.07, 6.45) is 6.52. The highest BCUT2D eigenvalue weighted by Gasteiger charge is 2.17. The van der Waals surface area contributed by atoms with E-state index in [4.69, 9.17) is 14.9 Å². The van der Waals surface area contributed by atoms with Crippen LogP contribution in [0.1, 0.15) is 25.0 Å². The number of rotatable bonds is 7. The maximum Gasteiger partial charge on any atom is 0.138 e. The molecule has 218 valence electrons. The van der Waals surface area contributed by atoms with Gasteiger partial charge in [0.25, 0.3) is 0 Å². The summed E-state index contributed by atoms with van der Waals surface area (Å²) in [6, 6.07) is 17.8. The number of fused-ring (bicyclic) bond motifs is 1. The number of aromatic nitrogens is 3. The van der Waals surface area contributed by atoms with Crippen LogP contribution >= 0.6 is 0 Å². The topological polar surface area (TPSA) is 127 Å². The van der Waals surface area contributed by atoms with E-state index in [1.807, 2.05) is 68.6 Å². The minimum Gasteiger partial charge on any atom is -0.490 e. The molecule has 1 fully saturated rings. The van der Waals surface area contributed by atoms with Gasteiger partial charge in [-0.3, -0.25) is 0 Å². The van der Waals surface area contributed by atoms with Gasteiger partial charge in [-0.15, -0.1) is 0 Å². The molecule has 1 aliphatic heterocycles. The lowest BCUT2D eigenvalue weighted by Gasteiger charge is -2.33. The van der Waals surface area contributed by atoms with Gasteiger partial charge in [-0.25, -0.2) is 9.50 Å². The van der Waals surface area contributed by atoms with E-state index < -0.39 is 0 Å². The molecule has 1 aliphatic rings. The van der Waals surface area contributed by atoms with Crippen molar-refractivity contribution >= 4 is 17.6 Å². The van der Waals surface area contributed by atoms with Gasteiger partial charge < -0.3 is 29.5 Å². The Morgan fingerprint density at radius 2 is 1.76 bits per heavy atom. The fourth-order valence-electron chi connectivity index (χ4n) is 4.12. The Labute approximate surface area is 242 Å². The average Bonchev–Trinajstić information content (AvgIpc) is 3.46. The number of aldehydes is 1. The summed E-state index contributed by atoms with van der Waals surface area (Å²) >= 11 is 0. The monoisotopic (exact) mass is 560 g/mol. The second-order valence-corrected chi connectivity index (χ2v) is 8.68. The molecule has 4 aromatic rings. The number of nitriles is 1. The highest BCUT2D eigenvalue weighted by atomic mass is 16.5. The van der Waals surface area contributed by atoms with Gasteiger partial charge in [-0.05, 0) is 30.8 Å². The highest BCUT2D eigenvalue weighted by Crippen LogP contribution is 2.31. The molecule has 0 aliphatic carbocycles. The molecular weight excluding hydrogens is 520 g/mol. The van der Waals surface area contributed by atoms with Crippen LogP contribution in [0.5, 0.6) is 5.75 Å². The molecule has 0 spiro atoms. The summed E-state index contributed by atoms with van der Waals surface area (Å²) in [4.78, 5) is 19.2. The number of carbonyl (C=O) groups is 1. The van der Waals surface area contributed by atoms with E-state index in [0.717, 1.165) is 62.1 Å². The standard InChI is InChI=1S/C20H22N6O2.C8H8O.C2H6.CH4O/c1-24-4-6-25(7-5-24)19-3-2-15(12-22-19)18-10-17(28-9-8-27)14-26-20(18)16(11-21)13-23-26;9-7-6-8-4-2-1-3-5-8;2*1-2/h2-3,10,12-14,27H,4-9H2,1H3;1-5,7H,6H2;1-2H3;2H,1H3. The van der Waals surface area contributed by atoms with Gasteiger partial charge in [-0.2, -0.15) is 10.4 Å². The average molecular weight is 561 g/mol. The first-order valence-electron chi connectivity index (χ1n) is 13.6. The Kier molecular flexibility index (Phi) is 14.5. The fourth-order valence-corrected chi connectivity index (χ4v) is 4.12. The van der Waals surface area contributed by atoms with Crippen molar-refractivity contribution in [2.75, 3.05) is 58.5 Å². The van der Waals surface area contributed by atoms with Crippen molar-refractivity contribution < 1.29 is 19.7 Å². The predicted molar refractivity (Wildman–Crippen MR) is 161 cm³/mol. The fraction of sp³-hybridized carbons (Fsp3) is 0.355. The summed E-state index contributed by atoms with van der Waals surface area (Å²) < 4.78 is 7.20. The van der Waals surface area contributed by atoms with Gasteiger partial charge >= 0.3 is 0 Å². The molecule has 2 N–H and O–H groups in total. The van der Waals surface area contributed by atoms with Crippen LogP contribution in [0.25, 0.3) is 16.6 Å². The van der Waals surface area contributed by atoms with E-state index in [1.54, 1.807) is 16.9 Å². The number of ether oxygens (including phenoxy) is 1. The summed E-state index contributed by atoms with van der Waals surface area (Å²) in [5.74, 6) is 1.53. The molecular formula is C31H40N6O4. The highest BCUT2D eigenvalue weighted by molar-refractivity contribution is 5.85. The predicted octanol–water partition coefficient (Wildman–Crippen LogP) is 3.45. The third-order valence-electron chi connectivity index (χ3n) is 6.12. The van der Waals surface area contributed by atoms with Crippen LogP contribution in [0.4, 0.5) is 5.82 Å². The number of aliphatic hydroxyl groups is 2. The first-order valence-corrected chi connectivity index (χ1v) is 13.6. The van der Waals surface area contributed by atoms with E-state index in [2.05, 4.69) is 33.0 Å². The molecule has 4 heterocycles. The number of hydrogen-bond donors (Lipinski definition) is 2. The summed E-state index contributed by atoms with van der Waals surface area (Å²) in [6.45, 7) is 8.08. The summed E-state index contributed by atoms with van der Waals surface area (Å²) in [7, 11) is 3.13. The Morgan fingerprint density at radius 3 is 2.34 bits per heavy atom. The molecule has 41 heavy (non-hydrogen) atoms. The number of aliphatic hydroxyl groups excluding tert-OH is 2. The molecule has 0 bridgehead atoms. The van der Waals surface area contributed by atoms with Gasteiger partial charge in [-0.1, -0.05) is 44.2 Å². The lowest BCUT2D eigenvalue weighted by Crippen LogP contribution is -2.44. The normalized spacial score (nSPS) is 12.5. The Balaban J connectivity index is 0.000000380. The largest absolute Gasteiger partial charge is 0.490 e. The molecule has 0 radical (unpaired) electrons. The number of benzene rings is 1. The number of piperazine rings is 1. The zero-order valence-electron chi connectivity index (χ0n) is 24.3. The van der Waals surface area contributed by atoms with Crippen molar-refractivity contribution in [2.45, 2.75) is 20.3 Å². The lowest BCUT2D eigenvalue weighted by molar-refractivity contribution is -0.107. The zero-order valence-corrected chi connectivity index (χ0v) is 24.3. The van der Waals surface area contributed by atoms with E-state index in [-0.39, 0.29) is 13.2 Å². The third kappa shape index (κ3) is 9.39. The molecule has 1 saturated heterocycles. The summed E-state index contributed by atoms with van der Waals surface area (Å²) in [5.41, 5.74) is 3.99. The number of likely N-dealkylation sites (N-methyl/N-ethyl adjacent to an activating group) is 1. The van der Waals surface area contributed by atoms with Gasteiger partial charge in [0.05, 0.1) is 30.1 Å². The van der Waals surface area contributed by atoms with Crippen LogP contribution in [0.15, 0.2) is 67.1 Å². The minimum absolute atomic E-state index is 0.0722. The number of anilines is 1. The van der Waals surface area contributed by atoms with Crippen LogP contribution in [0.3, 0.4) is 0 Å². The van der Waals surface area contributed by atoms with Crippen LogP contribution < -0.4 is 9.64 Å². The molecule has 1 aromatic carbocycles. The maximum absolute atomic E-state index is 9.97. The van der Waals surface area contributed by atoms with Crippen molar-refractivity contribution in [3.05, 3.63) is 78.2 Å². The van der Waals surface area contributed by atoms with Crippen molar-refractivity contribution in [3.63, 3.8) is 0 Å². The SMILES string of the molecule is CC.CN1CCN(c2ccc(-c3cc(OCCO)cn4ncc(C#N)c34)cn2)CC1.CO.O=CCc1ccccc1. The minimum atomic E-state index is -0.0722. The van der Waals surface area contributed by atoms with Gasteiger partial charge in [0.1, 0.15) is 30.5 Å². The molecule has 0 saturated carbocycles. The second-order valence-electron chi connectivity index (χ2n) is 8.68. The number of hydrogen-bond acceptors (Lipinski definition) is 9. The first-order chi connectivity index (χ1) is 20.1. The molecule has 0 atom stereocenters. The Bertz CT molecular complexity index is 1350. The van der Waals surface area contributed by atoms with E-state index in [0.29, 0.717) is 23.3 Å². The van der Waals surface area contributed by atoms with Crippen molar-refractivity contribution in [2.24, 2.45) is 0 Å². The van der Waals surface area contributed by atoms with Crippen LogP contribution in [-0.2, 0) is 11.2 Å². The van der Waals surface area contributed by atoms with Crippen molar-refractivity contribution in [1.82, 2.24) is 19.5 Å². The van der Waals surface area contributed by atoms with E-state index >= 15 is 0 Å². The van der Waals surface area contributed by atoms with Gasteiger partial charge in [0.2, 0.25) is 0 Å². The van der Waals surface area contributed by atoms with E-state index in [1.165, 1.54) is 0 Å². The lowest BCUT2D eigenvalue weighted by atomic mass is 10.1. The second kappa shape index (κ2) is 18.1. The third-order valence-corrected chi connectivity index (χ3v) is 6.12. The van der Waals surface area contributed by atoms with Crippen LogP contribution in [0.2, 0.25) is 0 Å². The molecule has 5 rings (SSSR count). The first kappa shape index (κ1) is 32.9. The van der Waals surface area contributed by atoms with Crippen molar-refractivity contribution in [1.29, 1.82) is 5.26 Å². The smallest absolute Gasteiger partial charge is 0.138 e. The van der Waals surface area contributed by atoms with Gasteiger partial charge in [0.15, 0.2) is 0 Å². The molecule has 0 amide bonds. The maximum atomic E-state index is 9.97. The molecule has 10 heteroatoms. The van der Waals surface area contributed by atoms with Crippen LogP contribution in [0, 0.1) is 11.3 Å². The zero-order chi connectivity index (χ0) is 30.0. The molecule has 0 unspecified atom stereocenters. The van der Waals surface area contributed by atoms with Crippen molar-refractivity contribution in [3.8, 4) is 22.9 Å². The Hall–Kier alpha value is -4.30. The summed E-state index contributed by atoms with van der Waals surface area (Å²) in [5, 5.41) is 29.7. The van der Waals surface area contributed by atoms with Gasteiger partial charge in [0, 0.05) is 57.0 Å². The molecule has 3 aromatic heterocycles. The van der Waals surface area contributed by atoms with Crippen LogP contribution in [-0.4, -0.2) is 89.5 Å². The number of nitrogens with zero attached hydrogens (tertiary/aromatic N) is 6. The quantitative estimate of drug-likeness (QED) is 0.327. The number of carbonyl (C=O) groups excluding carboxylic acids is 1. The van der Waals surface area contributed by atoms with E-state index in [9.17, 15) is 10.1 Å². The molecule has 10 nitrogen and oxygen atoms in total.